The van der Waals surface area contributed by atoms with Crippen molar-refractivity contribution >= 4 is 81.5 Å². The number of nitrogens with zero attached hydrogens (tertiary/aromatic N) is 3. The summed E-state index contributed by atoms with van der Waals surface area (Å²) in [6.45, 7) is 3.99. The zero-order chi connectivity index (χ0) is 36.1. The number of rotatable bonds is 6. The smallest absolute Gasteiger partial charge is 0.127 e. The van der Waals surface area contributed by atoms with Gasteiger partial charge in [-0.2, -0.15) is 5.26 Å². The SMILES string of the molecule is C/C(=N\c1ccc2c(ccc3c(N(c4ccccc4)c4c(C#N)cccc4-c4cccc5c4sc4ccccc45)cccc32)c1C)C1=C(F)C=CCC1. The first-order valence-corrected chi connectivity index (χ1v) is 18.7. The summed E-state index contributed by atoms with van der Waals surface area (Å²) in [5.74, 6) is -0.195. The molecule has 0 saturated heterocycles. The number of fused-ring (bicyclic) bond motifs is 6. The average molecular weight is 704 g/mol. The highest BCUT2D eigenvalue weighted by atomic mass is 32.1. The average Bonchev–Trinajstić information content (AvgIpc) is 3.59. The molecule has 1 aliphatic carbocycles. The van der Waals surface area contributed by atoms with Crippen molar-refractivity contribution in [2.45, 2.75) is 26.7 Å². The van der Waals surface area contributed by atoms with Crippen molar-refractivity contribution in [2.75, 3.05) is 4.90 Å². The summed E-state index contributed by atoms with van der Waals surface area (Å²) in [6.07, 6.45) is 4.90. The van der Waals surface area contributed by atoms with Crippen molar-refractivity contribution in [3.63, 3.8) is 0 Å². The number of allylic oxidation sites excluding steroid dienone is 4. The Bertz CT molecular complexity index is 2890. The lowest BCUT2D eigenvalue weighted by Gasteiger charge is -2.30. The van der Waals surface area contributed by atoms with Crippen LogP contribution in [-0.2, 0) is 0 Å². The zero-order valence-electron chi connectivity index (χ0n) is 29.4. The molecule has 9 rings (SSSR count). The van der Waals surface area contributed by atoms with E-state index in [0.717, 1.165) is 67.4 Å². The Kier molecular flexibility index (Phi) is 8.18. The molecule has 1 aliphatic rings. The van der Waals surface area contributed by atoms with Gasteiger partial charge in [0.05, 0.1) is 22.6 Å². The number of hydrogen-bond donors (Lipinski definition) is 0. The third-order valence-electron chi connectivity index (χ3n) is 10.4. The van der Waals surface area contributed by atoms with Gasteiger partial charge in [0.2, 0.25) is 0 Å². The van der Waals surface area contributed by atoms with Crippen molar-refractivity contribution in [2.24, 2.45) is 4.99 Å². The van der Waals surface area contributed by atoms with Gasteiger partial charge in [0.15, 0.2) is 0 Å². The third-order valence-corrected chi connectivity index (χ3v) is 11.7. The molecular weight excluding hydrogens is 670 g/mol. The van der Waals surface area contributed by atoms with Gasteiger partial charge in [-0.1, -0.05) is 103 Å². The van der Waals surface area contributed by atoms with Crippen LogP contribution in [0.5, 0.6) is 0 Å². The summed E-state index contributed by atoms with van der Waals surface area (Å²) in [7, 11) is 0. The maximum atomic E-state index is 14.7. The number of benzene rings is 7. The van der Waals surface area contributed by atoms with Crippen molar-refractivity contribution in [1.29, 1.82) is 5.26 Å². The standard InChI is InChI=1S/C48H34FN3S/c1-30-34-25-26-38-36(37(34)27-28-44(30)51-31(2)35-16-6-8-22-43(35)49)18-12-23-45(38)52(33-14-4-3-5-15-33)47-32(29-50)13-10-19-40(47)42-21-11-20-41-39-17-7-9-24-46(39)53-48(41)42/h3-5,7-15,17-28H,6,16H2,1-2H3/b51-31+. The summed E-state index contributed by atoms with van der Waals surface area (Å²) >= 11 is 1.79. The van der Waals surface area contributed by atoms with Crippen molar-refractivity contribution in [3.05, 3.63) is 168 Å². The molecule has 0 unspecified atom stereocenters. The molecule has 53 heavy (non-hydrogen) atoms. The molecular formula is C48H34FN3S. The molecule has 0 atom stereocenters. The summed E-state index contributed by atoms with van der Waals surface area (Å²) in [5, 5.41) is 17.6. The molecule has 1 heterocycles. The minimum absolute atomic E-state index is 0.195. The second-order valence-corrected chi connectivity index (χ2v) is 14.5. The molecule has 7 aromatic carbocycles. The first-order chi connectivity index (χ1) is 26.0. The van der Waals surface area contributed by atoms with Gasteiger partial charge in [-0.25, -0.2) is 4.39 Å². The number of anilines is 3. The first kappa shape index (κ1) is 32.6. The van der Waals surface area contributed by atoms with Crippen molar-refractivity contribution in [3.8, 4) is 17.2 Å². The van der Waals surface area contributed by atoms with E-state index in [4.69, 9.17) is 4.99 Å². The summed E-state index contributed by atoms with van der Waals surface area (Å²) in [5.41, 5.74) is 8.76. The molecule has 254 valence electrons. The van der Waals surface area contributed by atoms with E-state index in [9.17, 15) is 9.65 Å². The van der Waals surface area contributed by atoms with Gasteiger partial charge < -0.3 is 4.90 Å². The van der Waals surface area contributed by atoms with E-state index >= 15 is 0 Å². The van der Waals surface area contributed by atoms with Crippen LogP contribution in [0.15, 0.2) is 162 Å². The lowest BCUT2D eigenvalue weighted by Crippen LogP contribution is -2.13. The van der Waals surface area contributed by atoms with Crippen LogP contribution >= 0.6 is 11.3 Å². The van der Waals surface area contributed by atoms with Crippen LogP contribution in [0, 0.1) is 18.3 Å². The Morgan fingerprint density at radius 2 is 1.42 bits per heavy atom. The zero-order valence-corrected chi connectivity index (χ0v) is 30.2. The van der Waals surface area contributed by atoms with E-state index in [-0.39, 0.29) is 5.83 Å². The fourth-order valence-electron chi connectivity index (χ4n) is 7.87. The second-order valence-electron chi connectivity index (χ2n) is 13.5. The highest BCUT2D eigenvalue weighted by molar-refractivity contribution is 7.26. The van der Waals surface area contributed by atoms with Crippen molar-refractivity contribution in [1.82, 2.24) is 0 Å². The van der Waals surface area contributed by atoms with Gasteiger partial charge in [-0.3, -0.25) is 4.99 Å². The van der Waals surface area contributed by atoms with E-state index in [1.165, 1.54) is 20.2 Å². The lowest BCUT2D eigenvalue weighted by atomic mass is 9.94. The number of aliphatic imine (C=N–C) groups is 1. The van der Waals surface area contributed by atoms with E-state index in [0.29, 0.717) is 23.3 Å². The third kappa shape index (κ3) is 5.51. The number of halogens is 1. The molecule has 3 nitrogen and oxygen atoms in total. The van der Waals surface area contributed by atoms with Gasteiger partial charge in [-0.05, 0) is 90.9 Å². The van der Waals surface area contributed by atoms with Crippen LogP contribution in [0.3, 0.4) is 0 Å². The van der Waals surface area contributed by atoms with Gasteiger partial charge in [0.25, 0.3) is 0 Å². The minimum Gasteiger partial charge on any atom is -0.308 e. The summed E-state index contributed by atoms with van der Waals surface area (Å²) in [4.78, 5) is 7.18. The number of para-hydroxylation sites is 2. The topological polar surface area (TPSA) is 39.4 Å². The number of hydrogen-bond acceptors (Lipinski definition) is 4. The Morgan fingerprint density at radius 1 is 0.717 bits per heavy atom. The normalized spacial score (nSPS) is 13.4. The largest absolute Gasteiger partial charge is 0.308 e. The molecule has 0 aliphatic heterocycles. The van der Waals surface area contributed by atoms with Crippen LogP contribution in [0.4, 0.5) is 27.1 Å². The van der Waals surface area contributed by atoms with Crippen LogP contribution in [0.1, 0.15) is 30.9 Å². The quantitative estimate of drug-likeness (QED) is 0.128. The Hall–Kier alpha value is -6.35. The molecule has 0 fully saturated rings. The number of nitriles is 1. The molecule has 1 aromatic heterocycles. The monoisotopic (exact) mass is 703 g/mol. The van der Waals surface area contributed by atoms with Crippen LogP contribution in [-0.4, -0.2) is 5.71 Å². The molecule has 0 saturated carbocycles. The molecule has 0 spiro atoms. The van der Waals surface area contributed by atoms with Gasteiger partial charge >= 0.3 is 0 Å². The highest BCUT2D eigenvalue weighted by Crippen LogP contribution is 2.49. The molecule has 0 radical (unpaired) electrons. The molecule has 0 bridgehead atoms. The van der Waals surface area contributed by atoms with E-state index in [1.54, 1.807) is 17.4 Å². The second kappa shape index (κ2) is 13.3. The fourth-order valence-corrected chi connectivity index (χ4v) is 9.10. The minimum atomic E-state index is -0.195. The number of aryl methyl sites for hydroxylation is 1. The Labute approximate surface area is 311 Å². The Morgan fingerprint density at radius 3 is 2.26 bits per heavy atom. The van der Waals surface area contributed by atoms with Gasteiger partial charge in [-0.15, -0.1) is 11.3 Å². The van der Waals surface area contributed by atoms with E-state index < -0.39 is 0 Å². The predicted molar refractivity (Wildman–Crippen MR) is 223 cm³/mol. The van der Waals surface area contributed by atoms with Gasteiger partial charge in [0, 0.05) is 53.7 Å². The van der Waals surface area contributed by atoms with E-state index in [2.05, 4.69) is 115 Å². The molecule has 5 heteroatoms. The Balaban J connectivity index is 1.26. The first-order valence-electron chi connectivity index (χ1n) is 17.9. The summed E-state index contributed by atoms with van der Waals surface area (Å²) < 4.78 is 17.1. The van der Waals surface area contributed by atoms with E-state index in [1.807, 2.05) is 49.4 Å². The molecule has 0 N–H and O–H groups in total. The maximum absolute atomic E-state index is 14.7. The predicted octanol–water partition coefficient (Wildman–Crippen LogP) is 14.3. The van der Waals surface area contributed by atoms with Gasteiger partial charge in [0.1, 0.15) is 11.9 Å². The highest BCUT2D eigenvalue weighted by Gasteiger charge is 2.24. The number of thiophene rings is 1. The fraction of sp³-hybridized carbons (Fsp3) is 0.0833. The maximum Gasteiger partial charge on any atom is 0.127 e. The van der Waals surface area contributed by atoms with Crippen LogP contribution < -0.4 is 4.90 Å². The van der Waals surface area contributed by atoms with Crippen LogP contribution in [0.25, 0.3) is 52.8 Å². The van der Waals surface area contributed by atoms with Crippen LogP contribution in [0.2, 0.25) is 0 Å². The molecule has 8 aromatic rings. The molecule has 0 amide bonds. The lowest BCUT2D eigenvalue weighted by molar-refractivity contribution is 0.645. The summed E-state index contributed by atoms with van der Waals surface area (Å²) in [6, 6.07) is 48.9. The van der Waals surface area contributed by atoms with Crippen molar-refractivity contribution < 1.29 is 4.39 Å².